The molecule has 0 radical (unpaired) electrons. The van der Waals surface area contributed by atoms with E-state index in [4.69, 9.17) is 5.21 Å². The van der Waals surface area contributed by atoms with E-state index in [0.29, 0.717) is 23.8 Å². The summed E-state index contributed by atoms with van der Waals surface area (Å²) in [6, 6.07) is 12.9. The van der Waals surface area contributed by atoms with E-state index in [0.717, 1.165) is 17.4 Å². The second kappa shape index (κ2) is 13.2. The van der Waals surface area contributed by atoms with Gasteiger partial charge in [0.05, 0.1) is 12.6 Å². The number of benzene rings is 2. The molecule has 3 amide bonds. The first-order valence-electron chi connectivity index (χ1n) is 12.5. The zero-order chi connectivity index (χ0) is 26.4. The highest BCUT2D eigenvalue weighted by Gasteiger charge is 2.39. The Hall–Kier alpha value is -3.71. The van der Waals surface area contributed by atoms with Crippen molar-refractivity contribution in [1.29, 1.82) is 0 Å². The topological polar surface area (TPSA) is 140 Å². The number of aliphatic hydroxyl groups excluding tert-OH is 1. The van der Waals surface area contributed by atoms with Crippen molar-refractivity contribution in [2.75, 3.05) is 11.9 Å². The summed E-state index contributed by atoms with van der Waals surface area (Å²) >= 11 is 0. The van der Waals surface area contributed by atoms with Crippen LogP contribution in [0.25, 0.3) is 0 Å². The number of anilines is 1. The van der Waals surface area contributed by atoms with Gasteiger partial charge >= 0.3 is 0 Å². The van der Waals surface area contributed by atoms with Gasteiger partial charge in [-0.1, -0.05) is 25.7 Å². The number of hydrogen-bond donors (Lipinski definition) is 6. The largest absolute Gasteiger partial charge is 0.391 e. The van der Waals surface area contributed by atoms with E-state index in [1.807, 2.05) is 24.3 Å². The Labute approximate surface area is 223 Å². The van der Waals surface area contributed by atoms with Gasteiger partial charge in [0, 0.05) is 28.4 Å². The Kier molecular flexibility index (Phi) is 10.0. The molecule has 202 valence electrons. The molecule has 9 nitrogen and oxygen atoms in total. The molecule has 2 fully saturated rings. The average Bonchev–Trinajstić information content (AvgIpc) is 3.53. The summed E-state index contributed by atoms with van der Waals surface area (Å²) in [6.45, 7) is 1.65. The van der Waals surface area contributed by atoms with Crippen LogP contribution < -0.4 is 21.4 Å². The van der Waals surface area contributed by atoms with Gasteiger partial charge in [-0.05, 0) is 86.6 Å². The van der Waals surface area contributed by atoms with E-state index in [1.165, 1.54) is 38.1 Å². The first-order chi connectivity index (χ1) is 17.8. The van der Waals surface area contributed by atoms with Gasteiger partial charge in [-0.25, -0.2) is 5.48 Å². The molecule has 2 saturated carbocycles. The molecule has 0 aliphatic heterocycles. The number of nitrogens with one attached hydrogen (secondary N) is 4. The lowest BCUT2D eigenvalue weighted by molar-refractivity contribution is -0.133. The molecular formula is C29H36N4O5. The maximum atomic E-state index is 12.4. The zero-order valence-electron chi connectivity index (χ0n) is 20.7. The van der Waals surface area contributed by atoms with Crippen molar-refractivity contribution in [2.45, 2.75) is 58.2 Å². The molecule has 6 N–H and O–H groups in total. The molecule has 0 heterocycles. The Bertz CT molecular complexity index is 1180. The summed E-state index contributed by atoms with van der Waals surface area (Å²) in [5, 5.41) is 27.1. The predicted octanol–water partition coefficient (Wildman–Crippen LogP) is 2.42. The van der Waals surface area contributed by atoms with Crippen molar-refractivity contribution >= 4 is 23.4 Å². The minimum Gasteiger partial charge on any atom is -0.391 e. The second-order valence-electron chi connectivity index (χ2n) is 9.78. The third-order valence-electron chi connectivity index (χ3n) is 7.09. The highest BCUT2D eigenvalue weighted by Crippen LogP contribution is 2.44. The van der Waals surface area contributed by atoms with Crippen LogP contribution in [0.3, 0.4) is 0 Å². The molecule has 0 aromatic heterocycles. The van der Waals surface area contributed by atoms with E-state index in [2.05, 4.69) is 27.8 Å². The Balaban J connectivity index is 0.00000400. The molecule has 2 aliphatic rings. The molecule has 5 atom stereocenters. The quantitative estimate of drug-likeness (QED) is 0.180. The van der Waals surface area contributed by atoms with E-state index < -0.39 is 24.0 Å². The molecule has 38 heavy (non-hydrogen) atoms. The van der Waals surface area contributed by atoms with Crippen LogP contribution in [0, 0.1) is 23.7 Å². The van der Waals surface area contributed by atoms with Gasteiger partial charge in [0.15, 0.2) is 0 Å². The summed E-state index contributed by atoms with van der Waals surface area (Å²) in [4.78, 5) is 36.3. The maximum absolute atomic E-state index is 12.4. The lowest BCUT2D eigenvalue weighted by Crippen LogP contribution is -2.51. The molecule has 4 rings (SSSR count). The molecule has 9 heteroatoms. The standard InChI is InChI=1S/C28H32N4O5.CH4/c1-17(33)26(28(36)32-37)31-27(35)21-9-4-18(5-10-21)2-3-19-7-12-23(13-8-19)30-25(34)16-29-24-15-20-6-11-22(24)14-20;/h4-5,7-10,12-13,17,20,22,24,26,29,33,37H,6,11,14-16H2,1H3,(H,30,34)(H,31,35)(H,32,36);1H4/t17-,20+,22-,24-,26+;/m1./s1. The fourth-order valence-electron chi connectivity index (χ4n) is 5.11. The van der Waals surface area contributed by atoms with Gasteiger partial charge in [-0.2, -0.15) is 0 Å². The molecule has 2 aromatic carbocycles. The van der Waals surface area contributed by atoms with Crippen LogP contribution in [0.4, 0.5) is 5.69 Å². The molecule has 0 saturated heterocycles. The van der Waals surface area contributed by atoms with Crippen molar-refractivity contribution in [3.8, 4) is 11.8 Å². The fourth-order valence-corrected chi connectivity index (χ4v) is 5.11. The summed E-state index contributed by atoms with van der Waals surface area (Å²) in [6.07, 6.45) is 3.92. The van der Waals surface area contributed by atoms with Gasteiger partial charge in [-0.3, -0.25) is 19.6 Å². The lowest BCUT2D eigenvalue weighted by Gasteiger charge is -2.22. The Morgan fingerprint density at radius 1 is 0.974 bits per heavy atom. The van der Waals surface area contributed by atoms with Crippen LogP contribution >= 0.6 is 0 Å². The second-order valence-corrected chi connectivity index (χ2v) is 9.78. The normalized spacial score (nSPS) is 20.8. The molecule has 2 bridgehead atoms. The monoisotopic (exact) mass is 520 g/mol. The van der Waals surface area contributed by atoms with E-state index in [9.17, 15) is 19.5 Å². The number of fused-ring (bicyclic) bond motifs is 2. The lowest BCUT2D eigenvalue weighted by atomic mass is 9.95. The van der Waals surface area contributed by atoms with Gasteiger partial charge in [0.25, 0.3) is 11.8 Å². The zero-order valence-corrected chi connectivity index (χ0v) is 20.7. The predicted molar refractivity (Wildman–Crippen MR) is 144 cm³/mol. The van der Waals surface area contributed by atoms with Crippen molar-refractivity contribution in [2.24, 2.45) is 11.8 Å². The van der Waals surface area contributed by atoms with E-state index >= 15 is 0 Å². The van der Waals surface area contributed by atoms with Gasteiger partial charge in [0.1, 0.15) is 6.04 Å². The minimum absolute atomic E-state index is 0. The molecule has 0 spiro atoms. The summed E-state index contributed by atoms with van der Waals surface area (Å²) in [5.41, 5.74) is 3.87. The van der Waals surface area contributed by atoms with Crippen LogP contribution in [0.2, 0.25) is 0 Å². The van der Waals surface area contributed by atoms with Crippen molar-refractivity contribution in [1.82, 2.24) is 16.1 Å². The van der Waals surface area contributed by atoms with Gasteiger partial charge in [-0.15, -0.1) is 0 Å². The summed E-state index contributed by atoms with van der Waals surface area (Å²) in [5.74, 6) is 6.10. The maximum Gasteiger partial charge on any atom is 0.268 e. The van der Waals surface area contributed by atoms with Crippen LogP contribution in [0.1, 0.15) is 61.5 Å². The third kappa shape index (κ3) is 7.42. The SMILES string of the molecule is C.C[C@@H](O)[C@H](NC(=O)c1ccc(C#Cc2ccc(NC(=O)CN[C@@H]3C[C@H]4CC[C@@H]3C4)cc2)cc1)C(=O)NO. The molecule has 0 unspecified atom stereocenters. The summed E-state index contributed by atoms with van der Waals surface area (Å²) in [7, 11) is 0. The number of amides is 3. The van der Waals surface area contributed by atoms with Crippen molar-refractivity contribution < 1.29 is 24.7 Å². The number of carbonyl (C=O) groups excluding carboxylic acids is 3. The number of hydrogen-bond acceptors (Lipinski definition) is 6. The first-order valence-corrected chi connectivity index (χ1v) is 12.5. The third-order valence-corrected chi connectivity index (χ3v) is 7.09. The molecule has 2 aromatic rings. The molecular weight excluding hydrogens is 484 g/mol. The highest BCUT2D eigenvalue weighted by molar-refractivity contribution is 5.97. The van der Waals surface area contributed by atoms with Gasteiger partial charge < -0.3 is 21.1 Å². The van der Waals surface area contributed by atoms with Crippen LogP contribution in [-0.4, -0.2) is 52.8 Å². The number of aliphatic hydroxyl groups is 1. The van der Waals surface area contributed by atoms with Crippen molar-refractivity contribution in [3.05, 3.63) is 65.2 Å². The Morgan fingerprint density at radius 2 is 1.61 bits per heavy atom. The Morgan fingerprint density at radius 3 is 2.13 bits per heavy atom. The van der Waals surface area contributed by atoms with Crippen LogP contribution in [0.5, 0.6) is 0 Å². The smallest absolute Gasteiger partial charge is 0.268 e. The number of hydroxylamine groups is 1. The fraction of sp³-hybridized carbons (Fsp3) is 0.414. The number of carbonyl (C=O) groups is 3. The van der Waals surface area contributed by atoms with E-state index in [-0.39, 0.29) is 18.9 Å². The van der Waals surface area contributed by atoms with Crippen LogP contribution in [0.15, 0.2) is 48.5 Å². The van der Waals surface area contributed by atoms with Crippen LogP contribution in [-0.2, 0) is 9.59 Å². The number of rotatable bonds is 8. The van der Waals surface area contributed by atoms with E-state index in [1.54, 1.807) is 24.3 Å². The summed E-state index contributed by atoms with van der Waals surface area (Å²) < 4.78 is 0. The average molecular weight is 521 g/mol. The minimum atomic E-state index is -1.29. The highest BCUT2D eigenvalue weighted by atomic mass is 16.5. The van der Waals surface area contributed by atoms with Gasteiger partial charge in [0.2, 0.25) is 5.91 Å². The molecule has 2 aliphatic carbocycles. The first kappa shape index (κ1) is 28.9. The van der Waals surface area contributed by atoms with Crippen molar-refractivity contribution in [3.63, 3.8) is 0 Å².